The van der Waals surface area contributed by atoms with Crippen molar-refractivity contribution < 1.29 is 28.2 Å². The number of carboxylic acids is 1. The van der Waals surface area contributed by atoms with Crippen LogP contribution in [0.15, 0.2) is 35.2 Å². The lowest BCUT2D eigenvalue weighted by Crippen LogP contribution is -2.26. The molecule has 2 aromatic rings. The molecule has 10 heteroatoms. The molecule has 0 radical (unpaired) electrons. The van der Waals surface area contributed by atoms with Crippen molar-refractivity contribution in [2.24, 2.45) is 0 Å². The largest absolute Gasteiger partial charge is 0.485 e. The summed E-state index contributed by atoms with van der Waals surface area (Å²) < 4.78 is 35.0. The number of carbonyl (C=O) groups is 1. The van der Waals surface area contributed by atoms with E-state index in [1.165, 1.54) is 24.3 Å². The highest BCUT2D eigenvalue weighted by Gasteiger charge is 2.33. The number of aromatic carboxylic acids is 1. The molecule has 3 N–H and O–H groups in total. The number of sulfonamides is 1. The molecule has 2 saturated carbocycles. The Kier molecular flexibility index (Phi) is 6.03. The Morgan fingerprint density at radius 2 is 1.94 bits per heavy atom. The third kappa shape index (κ3) is 4.53. The molecule has 2 aliphatic rings. The highest BCUT2D eigenvalue weighted by molar-refractivity contribution is 7.92. The minimum atomic E-state index is -4.22. The summed E-state index contributed by atoms with van der Waals surface area (Å²) in [7, 11) is -4.22. The number of hydrogen-bond acceptors (Lipinski definition) is 6. The summed E-state index contributed by atoms with van der Waals surface area (Å²) >= 11 is 6.13. The van der Waals surface area contributed by atoms with E-state index in [2.05, 4.69) is 4.72 Å². The van der Waals surface area contributed by atoms with Crippen LogP contribution in [-0.4, -0.2) is 36.8 Å². The molecular formula is C22H21ClN2O6S. The standard InChI is InChI=1S/C22H21ClN2O6S/c23-16-10-20(31-19-3-1-2-18(19)26)17(8-14(16)11-24)25-32(29,30)21-9-13(22(27)28)6-7-15(21)12-4-5-12/h6-10,12,18-19,25-26H,1-5H2,(H,27,28)/t18-,19-/m1/s1. The zero-order chi connectivity index (χ0) is 23.0. The van der Waals surface area contributed by atoms with Crippen molar-refractivity contribution in [2.45, 2.75) is 55.1 Å². The van der Waals surface area contributed by atoms with Crippen LogP contribution in [0.25, 0.3) is 0 Å². The Morgan fingerprint density at radius 3 is 2.53 bits per heavy atom. The summed E-state index contributed by atoms with van der Waals surface area (Å²) in [5.74, 6) is -1.10. The molecule has 0 amide bonds. The van der Waals surface area contributed by atoms with Crippen LogP contribution < -0.4 is 9.46 Å². The van der Waals surface area contributed by atoms with Gasteiger partial charge in [0.1, 0.15) is 17.9 Å². The Morgan fingerprint density at radius 1 is 1.19 bits per heavy atom. The number of nitrogens with zero attached hydrogens (tertiary/aromatic N) is 1. The van der Waals surface area contributed by atoms with Crippen LogP contribution >= 0.6 is 11.6 Å². The zero-order valence-electron chi connectivity index (χ0n) is 16.9. The van der Waals surface area contributed by atoms with Crippen molar-refractivity contribution >= 4 is 33.3 Å². The van der Waals surface area contributed by atoms with Gasteiger partial charge in [-0.15, -0.1) is 0 Å². The van der Waals surface area contributed by atoms with Gasteiger partial charge in [0.25, 0.3) is 10.0 Å². The van der Waals surface area contributed by atoms with Crippen LogP contribution in [0.4, 0.5) is 5.69 Å². The van der Waals surface area contributed by atoms with Gasteiger partial charge < -0.3 is 14.9 Å². The molecule has 168 valence electrons. The number of halogens is 1. The molecule has 8 nitrogen and oxygen atoms in total. The smallest absolute Gasteiger partial charge is 0.335 e. The molecule has 0 saturated heterocycles. The minimum absolute atomic E-state index is 0.00692. The van der Waals surface area contributed by atoms with E-state index in [0.717, 1.165) is 25.3 Å². The molecule has 0 aliphatic heterocycles. The first-order chi connectivity index (χ1) is 15.2. The lowest BCUT2D eigenvalue weighted by Gasteiger charge is -2.21. The van der Waals surface area contributed by atoms with E-state index in [9.17, 15) is 28.7 Å². The third-order valence-corrected chi connectivity index (χ3v) is 7.43. The summed E-state index contributed by atoms with van der Waals surface area (Å²) in [5, 5.41) is 28.9. The molecule has 0 heterocycles. The minimum Gasteiger partial charge on any atom is -0.485 e. The Hall–Kier alpha value is -2.80. The van der Waals surface area contributed by atoms with Gasteiger partial charge in [-0.3, -0.25) is 4.72 Å². The van der Waals surface area contributed by atoms with Crippen LogP contribution in [0.5, 0.6) is 5.75 Å². The first-order valence-electron chi connectivity index (χ1n) is 10.2. The predicted molar refractivity (Wildman–Crippen MR) is 117 cm³/mol. The molecule has 2 aromatic carbocycles. The van der Waals surface area contributed by atoms with E-state index in [1.807, 2.05) is 6.07 Å². The van der Waals surface area contributed by atoms with Crippen LogP contribution in [-0.2, 0) is 10.0 Å². The van der Waals surface area contributed by atoms with E-state index < -0.39 is 28.2 Å². The SMILES string of the molecule is N#Cc1cc(NS(=O)(=O)c2cc(C(=O)O)ccc2C2CC2)c(O[C@@H]2CCC[C@H]2O)cc1Cl. The van der Waals surface area contributed by atoms with Gasteiger partial charge in [-0.2, -0.15) is 5.26 Å². The number of nitriles is 1. The summed E-state index contributed by atoms with van der Waals surface area (Å²) in [6, 6.07) is 8.58. The number of nitrogens with one attached hydrogen (secondary N) is 1. The van der Waals surface area contributed by atoms with Gasteiger partial charge in [-0.05, 0) is 61.8 Å². The number of anilines is 1. The first kappa shape index (κ1) is 22.4. The summed E-state index contributed by atoms with van der Waals surface area (Å²) in [4.78, 5) is 11.3. The van der Waals surface area contributed by atoms with Gasteiger partial charge in [0.2, 0.25) is 0 Å². The third-order valence-electron chi connectivity index (χ3n) is 5.70. The number of rotatable bonds is 7. The van der Waals surface area contributed by atoms with E-state index in [1.54, 1.807) is 0 Å². The highest BCUT2D eigenvalue weighted by Crippen LogP contribution is 2.44. The van der Waals surface area contributed by atoms with E-state index in [4.69, 9.17) is 16.3 Å². The van der Waals surface area contributed by atoms with Crippen LogP contribution in [0, 0.1) is 11.3 Å². The maximum absolute atomic E-state index is 13.3. The molecule has 2 fully saturated rings. The van der Waals surface area contributed by atoms with Crippen molar-refractivity contribution in [2.75, 3.05) is 4.72 Å². The van der Waals surface area contributed by atoms with Crippen molar-refractivity contribution in [3.8, 4) is 11.8 Å². The maximum Gasteiger partial charge on any atom is 0.335 e. The van der Waals surface area contributed by atoms with Crippen molar-refractivity contribution in [1.82, 2.24) is 0 Å². The van der Waals surface area contributed by atoms with Crippen molar-refractivity contribution in [3.05, 3.63) is 52.0 Å². The first-order valence-corrected chi connectivity index (χ1v) is 12.0. The molecule has 2 atom stereocenters. The quantitative estimate of drug-likeness (QED) is 0.551. The number of aliphatic hydroxyl groups excluding tert-OH is 1. The number of ether oxygens (including phenoxy) is 1. The lowest BCUT2D eigenvalue weighted by molar-refractivity contribution is 0.0609. The average Bonchev–Trinajstić information content (AvgIpc) is 3.52. The number of aliphatic hydroxyl groups is 1. The molecule has 4 rings (SSSR count). The second-order valence-electron chi connectivity index (χ2n) is 8.03. The van der Waals surface area contributed by atoms with Gasteiger partial charge in [-0.1, -0.05) is 17.7 Å². The molecule has 0 unspecified atom stereocenters. The molecule has 0 aromatic heterocycles. The number of carboxylic acid groups (broad SMARTS) is 1. The van der Waals surface area contributed by atoms with E-state index in [-0.39, 0.29) is 38.4 Å². The van der Waals surface area contributed by atoms with E-state index in [0.29, 0.717) is 18.4 Å². The summed E-state index contributed by atoms with van der Waals surface area (Å²) in [6.07, 6.45) is 2.36. The van der Waals surface area contributed by atoms with Gasteiger partial charge in [0, 0.05) is 6.07 Å². The van der Waals surface area contributed by atoms with Gasteiger partial charge in [0.05, 0.1) is 32.8 Å². The number of benzene rings is 2. The topological polar surface area (TPSA) is 137 Å². The van der Waals surface area contributed by atoms with Crippen LogP contribution in [0.2, 0.25) is 5.02 Å². The fourth-order valence-corrected chi connectivity index (χ4v) is 5.44. The van der Waals surface area contributed by atoms with Crippen molar-refractivity contribution in [1.29, 1.82) is 5.26 Å². The Balaban J connectivity index is 1.75. The fraction of sp³-hybridized carbons (Fsp3) is 0.364. The molecule has 2 aliphatic carbocycles. The van der Waals surface area contributed by atoms with Gasteiger partial charge in [0.15, 0.2) is 0 Å². The lowest BCUT2D eigenvalue weighted by atomic mass is 10.1. The predicted octanol–water partition coefficient (Wildman–Crippen LogP) is 3.88. The van der Waals surface area contributed by atoms with Gasteiger partial charge >= 0.3 is 5.97 Å². The average molecular weight is 477 g/mol. The molecular weight excluding hydrogens is 456 g/mol. The monoisotopic (exact) mass is 476 g/mol. The normalized spacial score (nSPS) is 20.5. The summed E-state index contributed by atoms with van der Waals surface area (Å²) in [6.45, 7) is 0. The van der Waals surface area contributed by atoms with Gasteiger partial charge in [-0.25, -0.2) is 13.2 Å². The second-order valence-corrected chi connectivity index (χ2v) is 10.1. The summed E-state index contributed by atoms with van der Waals surface area (Å²) in [5.41, 5.74) is 0.442. The molecule has 0 bridgehead atoms. The van der Waals surface area contributed by atoms with E-state index >= 15 is 0 Å². The molecule has 32 heavy (non-hydrogen) atoms. The maximum atomic E-state index is 13.3. The van der Waals surface area contributed by atoms with Crippen molar-refractivity contribution in [3.63, 3.8) is 0 Å². The zero-order valence-corrected chi connectivity index (χ0v) is 18.5. The Labute approximate surface area is 190 Å². The fourth-order valence-electron chi connectivity index (χ4n) is 3.86. The second kappa shape index (κ2) is 8.62. The Bertz CT molecular complexity index is 1220. The molecule has 0 spiro atoms. The number of hydrogen-bond donors (Lipinski definition) is 3. The van der Waals surface area contributed by atoms with Crippen LogP contribution in [0.1, 0.15) is 59.5 Å². The van der Waals surface area contributed by atoms with Crippen LogP contribution in [0.3, 0.4) is 0 Å². The highest BCUT2D eigenvalue weighted by atomic mass is 35.5.